The van der Waals surface area contributed by atoms with E-state index in [9.17, 15) is 14.7 Å². The molecule has 2 atom stereocenters. The van der Waals surface area contributed by atoms with Gasteiger partial charge in [0, 0.05) is 31.1 Å². The average molecular weight is 297 g/mol. The Hall–Kier alpha value is -1.63. The molecule has 2 amide bonds. The zero-order valence-electron chi connectivity index (χ0n) is 11.4. The summed E-state index contributed by atoms with van der Waals surface area (Å²) >= 11 is 1.55. The number of thiazole rings is 1. The standard InChI is InChI=1S/C13H19N3O3S/c1-9-3-6-16(10(8-9)12(17)18)13(19)15-4-2-11-14-5-7-20-11/h5,7,9-10H,2-4,6,8H2,1H3,(H,15,19)(H,17,18). The molecular formula is C13H19N3O3S. The van der Waals surface area contributed by atoms with Crippen molar-refractivity contribution in [2.75, 3.05) is 13.1 Å². The first kappa shape index (κ1) is 14.8. The number of amides is 2. The topological polar surface area (TPSA) is 82.5 Å². The summed E-state index contributed by atoms with van der Waals surface area (Å²) in [5.74, 6) is -0.581. The molecule has 110 valence electrons. The number of nitrogens with one attached hydrogen (secondary N) is 1. The number of carbonyl (C=O) groups is 2. The molecule has 2 unspecified atom stereocenters. The van der Waals surface area contributed by atoms with Crippen LogP contribution in [0.2, 0.25) is 0 Å². The average Bonchev–Trinajstić information content (AvgIpc) is 2.91. The van der Waals surface area contributed by atoms with E-state index in [-0.39, 0.29) is 6.03 Å². The number of hydrogen-bond donors (Lipinski definition) is 2. The van der Waals surface area contributed by atoms with Crippen LogP contribution in [0.4, 0.5) is 4.79 Å². The Bertz CT molecular complexity index is 463. The molecule has 0 bridgehead atoms. The predicted molar refractivity (Wildman–Crippen MR) is 75.7 cm³/mol. The number of likely N-dealkylation sites (tertiary alicyclic amines) is 1. The molecular weight excluding hydrogens is 278 g/mol. The summed E-state index contributed by atoms with van der Waals surface area (Å²) in [5.41, 5.74) is 0. The van der Waals surface area contributed by atoms with Crippen molar-refractivity contribution in [1.29, 1.82) is 0 Å². The zero-order chi connectivity index (χ0) is 14.5. The normalized spacial score (nSPS) is 22.6. The van der Waals surface area contributed by atoms with E-state index in [1.165, 1.54) is 4.90 Å². The minimum Gasteiger partial charge on any atom is -0.480 e. The molecule has 1 fully saturated rings. The maximum absolute atomic E-state index is 12.1. The van der Waals surface area contributed by atoms with Gasteiger partial charge in [0.05, 0.1) is 5.01 Å². The van der Waals surface area contributed by atoms with Gasteiger partial charge in [0.25, 0.3) is 0 Å². The first-order chi connectivity index (χ1) is 9.58. The number of carboxylic acid groups (broad SMARTS) is 1. The second kappa shape index (κ2) is 6.69. The number of nitrogens with zero attached hydrogens (tertiary/aromatic N) is 2. The molecule has 2 heterocycles. The van der Waals surface area contributed by atoms with Gasteiger partial charge in [-0.1, -0.05) is 6.92 Å². The number of piperidine rings is 1. The van der Waals surface area contributed by atoms with Gasteiger partial charge in [0.2, 0.25) is 0 Å². The second-order valence-corrected chi connectivity index (χ2v) is 6.06. The predicted octanol–water partition coefficient (Wildman–Crippen LogP) is 1.58. The molecule has 6 nitrogen and oxygen atoms in total. The lowest BCUT2D eigenvalue weighted by atomic mass is 9.93. The van der Waals surface area contributed by atoms with E-state index in [1.54, 1.807) is 17.5 Å². The number of rotatable bonds is 4. The SMILES string of the molecule is CC1CCN(C(=O)NCCc2nccs2)C(C(=O)O)C1. The first-order valence-electron chi connectivity index (χ1n) is 6.73. The molecule has 1 saturated heterocycles. The number of carboxylic acids is 1. The molecule has 0 saturated carbocycles. The van der Waals surface area contributed by atoms with Gasteiger partial charge in [0.1, 0.15) is 6.04 Å². The van der Waals surface area contributed by atoms with E-state index in [2.05, 4.69) is 10.3 Å². The van der Waals surface area contributed by atoms with E-state index < -0.39 is 12.0 Å². The van der Waals surface area contributed by atoms with Crippen LogP contribution in [-0.4, -0.2) is 46.1 Å². The number of urea groups is 1. The van der Waals surface area contributed by atoms with Crippen LogP contribution >= 0.6 is 11.3 Å². The number of hydrogen-bond acceptors (Lipinski definition) is 4. The van der Waals surface area contributed by atoms with E-state index in [4.69, 9.17) is 0 Å². The van der Waals surface area contributed by atoms with Crippen molar-refractivity contribution in [2.45, 2.75) is 32.2 Å². The molecule has 1 aromatic heterocycles. The summed E-state index contributed by atoms with van der Waals surface area (Å²) in [6.07, 6.45) is 3.78. The molecule has 2 rings (SSSR count). The Morgan fingerprint density at radius 1 is 1.60 bits per heavy atom. The fourth-order valence-electron chi connectivity index (χ4n) is 2.37. The highest BCUT2D eigenvalue weighted by Gasteiger charge is 2.34. The Labute approximate surface area is 121 Å². The number of aliphatic carboxylic acids is 1. The van der Waals surface area contributed by atoms with Gasteiger partial charge in [-0.25, -0.2) is 14.6 Å². The summed E-state index contributed by atoms with van der Waals surface area (Å²) in [6, 6.07) is -1.00. The van der Waals surface area contributed by atoms with E-state index in [0.717, 1.165) is 11.4 Å². The Morgan fingerprint density at radius 3 is 3.05 bits per heavy atom. The molecule has 0 radical (unpaired) electrons. The van der Waals surface area contributed by atoms with Gasteiger partial charge in [-0.05, 0) is 18.8 Å². The summed E-state index contributed by atoms with van der Waals surface area (Å²) in [7, 11) is 0. The van der Waals surface area contributed by atoms with E-state index >= 15 is 0 Å². The Morgan fingerprint density at radius 2 is 2.40 bits per heavy atom. The van der Waals surface area contributed by atoms with Crippen LogP contribution in [0.3, 0.4) is 0 Å². The van der Waals surface area contributed by atoms with Crippen LogP contribution in [0, 0.1) is 5.92 Å². The van der Waals surface area contributed by atoms with Crippen molar-refractivity contribution in [3.05, 3.63) is 16.6 Å². The van der Waals surface area contributed by atoms with E-state index in [0.29, 0.717) is 31.8 Å². The van der Waals surface area contributed by atoms with Gasteiger partial charge in [-0.3, -0.25) is 0 Å². The zero-order valence-corrected chi connectivity index (χ0v) is 12.2. The Kier molecular flexibility index (Phi) is 4.94. The summed E-state index contributed by atoms with van der Waals surface area (Å²) in [5, 5.41) is 14.9. The van der Waals surface area contributed by atoms with Crippen molar-refractivity contribution >= 4 is 23.3 Å². The lowest BCUT2D eigenvalue weighted by Crippen LogP contribution is -2.53. The molecule has 0 spiro atoms. The lowest BCUT2D eigenvalue weighted by molar-refractivity contribution is -0.143. The maximum atomic E-state index is 12.1. The second-order valence-electron chi connectivity index (χ2n) is 5.08. The number of carbonyl (C=O) groups excluding carboxylic acids is 1. The summed E-state index contributed by atoms with van der Waals surface area (Å²) in [4.78, 5) is 28.9. The molecule has 7 heteroatoms. The molecule has 1 aliphatic rings. The van der Waals surface area contributed by atoms with Crippen molar-refractivity contribution in [3.8, 4) is 0 Å². The van der Waals surface area contributed by atoms with Gasteiger partial charge in [-0.15, -0.1) is 11.3 Å². The minimum absolute atomic E-state index is 0.291. The first-order valence-corrected chi connectivity index (χ1v) is 7.61. The molecule has 20 heavy (non-hydrogen) atoms. The fraction of sp³-hybridized carbons (Fsp3) is 0.615. The molecule has 2 N–H and O–H groups in total. The summed E-state index contributed by atoms with van der Waals surface area (Å²) < 4.78 is 0. The van der Waals surface area contributed by atoms with Crippen LogP contribution in [-0.2, 0) is 11.2 Å². The number of aromatic nitrogens is 1. The third kappa shape index (κ3) is 3.69. The fourth-order valence-corrected chi connectivity index (χ4v) is 2.99. The van der Waals surface area contributed by atoms with Crippen LogP contribution in [0.5, 0.6) is 0 Å². The Balaban J connectivity index is 1.85. The van der Waals surface area contributed by atoms with E-state index in [1.807, 2.05) is 12.3 Å². The third-order valence-corrected chi connectivity index (χ3v) is 4.35. The van der Waals surface area contributed by atoms with Crippen molar-refractivity contribution in [3.63, 3.8) is 0 Å². The van der Waals surface area contributed by atoms with Gasteiger partial charge in [-0.2, -0.15) is 0 Å². The lowest BCUT2D eigenvalue weighted by Gasteiger charge is -2.35. The van der Waals surface area contributed by atoms with Crippen LogP contribution in [0.25, 0.3) is 0 Å². The van der Waals surface area contributed by atoms with Crippen LogP contribution < -0.4 is 5.32 Å². The summed E-state index contributed by atoms with van der Waals surface area (Å²) in [6.45, 7) is 3.00. The molecule has 0 aromatic carbocycles. The van der Waals surface area contributed by atoms with Crippen molar-refractivity contribution in [2.24, 2.45) is 5.92 Å². The minimum atomic E-state index is -0.924. The van der Waals surface area contributed by atoms with Gasteiger partial charge >= 0.3 is 12.0 Å². The molecule has 1 aromatic rings. The van der Waals surface area contributed by atoms with Crippen molar-refractivity contribution in [1.82, 2.24) is 15.2 Å². The highest BCUT2D eigenvalue weighted by Crippen LogP contribution is 2.22. The van der Waals surface area contributed by atoms with Crippen LogP contribution in [0.15, 0.2) is 11.6 Å². The maximum Gasteiger partial charge on any atom is 0.326 e. The van der Waals surface area contributed by atoms with Gasteiger partial charge < -0.3 is 15.3 Å². The highest BCUT2D eigenvalue weighted by atomic mass is 32.1. The smallest absolute Gasteiger partial charge is 0.326 e. The third-order valence-electron chi connectivity index (χ3n) is 3.51. The largest absolute Gasteiger partial charge is 0.480 e. The highest BCUT2D eigenvalue weighted by molar-refractivity contribution is 7.09. The monoisotopic (exact) mass is 297 g/mol. The molecule has 1 aliphatic heterocycles. The van der Waals surface area contributed by atoms with Crippen LogP contribution in [0.1, 0.15) is 24.8 Å². The molecule has 0 aliphatic carbocycles. The quantitative estimate of drug-likeness (QED) is 0.884. The van der Waals surface area contributed by atoms with Gasteiger partial charge in [0.15, 0.2) is 0 Å². The van der Waals surface area contributed by atoms with Crippen molar-refractivity contribution < 1.29 is 14.7 Å².